The van der Waals surface area contributed by atoms with E-state index in [1.807, 2.05) is 31.4 Å². The maximum Gasteiger partial charge on any atom is 0.102 e. The standard InChI is InChI=1S/C12H16N2OS2/c1-9(17(3)15)8-14-11-5-4-6-12(16-2)10(11)7-13/h4-6,9,14H,8H2,1-3H3. The number of thioether (sulfide) groups is 1. The van der Waals surface area contributed by atoms with Crippen LogP contribution in [-0.2, 0) is 10.8 Å². The number of nitriles is 1. The summed E-state index contributed by atoms with van der Waals surface area (Å²) >= 11 is 1.55. The number of anilines is 1. The van der Waals surface area contributed by atoms with E-state index in [9.17, 15) is 4.21 Å². The Morgan fingerprint density at radius 3 is 2.82 bits per heavy atom. The molecule has 0 bridgehead atoms. The summed E-state index contributed by atoms with van der Waals surface area (Å²) < 4.78 is 11.2. The second-order valence-corrected chi connectivity index (χ2v) is 6.33. The van der Waals surface area contributed by atoms with E-state index in [-0.39, 0.29) is 5.25 Å². The Balaban J connectivity index is 2.85. The molecule has 92 valence electrons. The van der Waals surface area contributed by atoms with Crippen molar-refractivity contribution in [3.05, 3.63) is 23.8 Å². The summed E-state index contributed by atoms with van der Waals surface area (Å²) in [6, 6.07) is 7.93. The van der Waals surface area contributed by atoms with Gasteiger partial charge in [0.15, 0.2) is 0 Å². The molecule has 0 saturated carbocycles. The molecule has 0 heterocycles. The van der Waals surface area contributed by atoms with Crippen molar-refractivity contribution in [3.63, 3.8) is 0 Å². The largest absolute Gasteiger partial charge is 0.383 e. The zero-order chi connectivity index (χ0) is 12.8. The van der Waals surface area contributed by atoms with Gasteiger partial charge in [0.2, 0.25) is 0 Å². The number of nitrogens with zero attached hydrogens (tertiary/aromatic N) is 1. The number of nitrogens with one attached hydrogen (secondary N) is 1. The van der Waals surface area contributed by atoms with Crippen LogP contribution in [0, 0.1) is 11.3 Å². The Labute approximate surface area is 109 Å². The monoisotopic (exact) mass is 268 g/mol. The van der Waals surface area contributed by atoms with Crippen LogP contribution in [0.15, 0.2) is 23.1 Å². The molecule has 0 aliphatic heterocycles. The first kappa shape index (κ1) is 14.1. The molecule has 2 unspecified atom stereocenters. The van der Waals surface area contributed by atoms with E-state index in [1.165, 1.54) is 0 Å². The summed E-state index contributed by atoms with van der Waals surface area (Å²) in [6.45, 7) is 2.53. The predicted octanol–water partition coefficient (Wildman–Crippen LogP) is 2.46. The van der Waals surface area contributed by atoms with Crippen LogP contribution in [0.3, 0.4) is 0 Å². The highest BCUT2D eigenvalue weighted by atomic mass is 32.2. The van der Waals surface area contributed by atoms with Gasteiger partial charge in [0, 0.05) is 33.7 Å². The van der Waals surface area contributed by atoms with Crippen LogP contribution in [0.25, 0.3) is 0 Å². The van der Waals surface area contributed by atoms with Gasteiger partial charge in [0.25, 0.3) is 0 Å². The third kappa shape index (κ3) is 3.76. The molecule has 1 aromatic rings. The number of rotatable bonds is 5. The van der Waals surface area contributed by atoms with Gasteiger partial charge in [-0.15, -0.1) is 11.8 Å². The highest BCUT2D eigenvalue weighted by molar-refractivity contribution is 7.98. The average Bonchev–Trinajstić information content (AvgIpc) is 2.34. The first-order valence-corrected chi connectivity index (χ1v) is 8.08. The van der Waals surface area contributed by atoms with Crippen LogP contribution in [0.4, 0.5) is 5.69 Å². The summed E-state index contributed by atoms with van der Waals surface area (Å²) in [4.78, 5) is 0.961. The number of hydrogen-bond donors (Lipinski definition) is 1. The molecular weight excluding hydrogens is 252 g/mol. The highest BCUT2D eigenvalue weighted by Gasteiger charge is 2.10. The summed E-state index contributed by atoms with van der Waals surface area (Å²) in [6.07, 6.45) is 3.64. The molecule has 3 nitrogen and oxygen atoms in total. The molecule has 2 atom stereocenters. The fourth-order valence-corrected chi connectivity index (χ4v) is 2.23. The van der Waals surface area contributed by atoms with Crippen LogP contribution < -0.4 is 5.32 Å². The molecule has 1 rings (SSSR count). The minimum absolute atomic E-state index is 0.0690. The van der Waals surface area contributed by atoms with E-state index in [1.54, 1.807) is 18.0 Å². The van der Waals surface area contributed by atoms with Gasteiger partial charge in [-0.3, -0.25) is 4.21 Å². The van der Waals surface area contributed by atoms with Gasteiger partial charge in [-0.1, -0.05) is 6.07 Å². The van der Waals surface area contributed by atoms with Gasteiger partial charge in [-0.2, -0.15) is 5.26 Å². The second-order valence-electron chi connectivity index (χ2n) is 3.68. The molecule has 1 aromatic carbocycles. The topological polar surface area (TPSA) is 52.9 Å². The van der Waals surface area contributed by atoms with Crippen molar-refractivity contribution in [1.29, 1.82) is 5.26 Å². The molecule has 0 saturated heterocycles. The third-order valence-electron chi connectivity index (χ3n) is 2.50. The quantitative estimate of drug-likeness (QED) is 0.833. The Morgan fingerprint density at radius 2 is 2.29 bits per heavy atom. The molecule has 17 heavy (non-hydrogen) atoms. The SMILES string of the molecule is CSc1cccc(NCC(C)S(C)=O)c1C#N. The van der Waals surface area contributed by atoms with Gasteiger partial charge in [-0.25, -0.2) is 0 Å². The second kappa shape index (κ2) is 6.67. The van der Waals surface area contributed by atoms with E-state index >= 15 is 0 Å². The van der Waals surface area contributed by atoms with Crippen molar-refractivity contribution in [2.45, 2.75) is 17.1 Å². The lowest BCUT2D eigenvalue weighted by molar-refractivity contribution is 0.679. The van der Waals surface area contributed by atoms with Crippen molar-refractivity contribution in [3.8, 4) is 6.07 Å². The molecular formula is C12H16N2OS2. The number of benzene rings is 1. The minimum atomic E-state index is -0.850. The Hall–Kier alpha value is -0.990. The maximum absolute atomic E-state index is 11.2. The van der Waals surface area contributed by atoms with Gasteiger partial charge in [0.05, 0.1) is 11.3 Å². The molecule has 0 amide bonds. The fourth-order valence-electron chi connectivity index (χ4n) is 1.33. The Kier molecular flexibility index (Phi) is 5.52. The molecule has 0 aliphatic carbocycles. The van der Waals surface area contributed by atoms with Crippen LogP contribution in [0.1, 0.15) is 12.5 Å². The molecule has 0 spiro atoms. The molecule has 1 N–H and O–H groups in total. The molecule has 5 heteroatoms. The van der Waals surface area contributed by atoms with Crippen LogP contribution in [0.2, 0.25) is 0 Å². The zero-order valence-electron chi connectivity index (χ0n) is 10.2. The molecule has 0 aromatic heterocycles. The lowest BCUT2D eigenvalue weighted by atomic mass is 10.2. The zero-order valence-corrected chi connectivity index (χ0v) is 11.8. The third-order valence-corrected chi connectivity index (χ3v) is 4.58. The fraction of sp³-hybridized carbons (Fsp3) is 0.417. The smallest absolute Gasteiger partial charge is 0.102 e. The minimum Gasteiger partial charge on any atom is -0.383 e. The first-order valence-electron chi connectivity index (χ1n) is 5.23. The average molecular weight is 268 g/mol. The highest BCUT2D eigenvalue weighted by Crippen LogP contribution is 2.26. The number of hydrogen-bond acceptors (Lipinski definition) is 4. The Morgan fingerprint density at radius 1 is 1.59 bits per heavy atom. The van der Waals surface area contributed by atoms with Crippen molar-refractivity contribution in [2.24, 2.45) is 0 Å². The van der Waals surface area contributed by atoms with Gasteiger partial charge >= 0.3 is 0 Å². The lowest BCUT2D eigenvalue weighted by Crippen LogP contribution is -2.21. The van der Waals surface area contributed by atoms with E-state index < -0.39 is 10.8 Å². The van der Waals surface area contributed by atoms with E-state index in [4.69, 9.17) is 5.26 Å². The summed E-state index contributed by atoms with van der Waals surface area (Å²) in [5.41, 5.74) is 1.48. The lowest BCUT2D eigenvalue weighted by Gasteiger charge is -2.13. The van der Waals surface area contributed by atoms with Crippen molar-refractivity contribution >= 4 is 28.2 Å². The molecule has 0 radical (unpaired) electrons. The van der Waals surface area contributed by atoms with E-state index in [2.05, 4.69) is 11.4 Å². The van der Waals surface area contributed by atoms with Crippen LogP contribution in [-0.4, -0.2) is 28.5 Å². The van der Waals surface area contributed by atoms with Crippen LogP contribution >= 0.6 is 11.8 Å². The van der Waals surface area contributed by atoms with Crippen molar-refractivity contribution < 1.29 is 4.21 Å². The van der Waals surface area contributed by atoms with Crippen LogP contribution in [0.5, 0.6) is 0 Å². The van der Waals surface area contributed by atoms with E-state index in [0.717, 1.165) is 10.6 Å². The molecule has 0 aliphatic rings. The van der Waals surface area contributed by atoms with Crippen molar-refractivity contribution in [1.82, 2.24) is 0 Å². The predicted molar refractivity (Wildman–Crippen MR) is 75.0 cm³/mol. The summed E-state index contributed by atoms with van der Waals surface area (Å²) in [7, 11) is -0.850. The summed E-state index contributed by atoms with van der Waals surface area (Å²) in [5, 5.41) is 12.4. The van der Waals surface area contributed by atoms with E-state index in [0.29, 0.717) is 12.1 Å². The van der Waals surface area contributed by atoms with Gasteiger partial charge < -0.3 is 5.32 Å². The first-order chi connectivity index (χ1) is 8.10. The van der Waals surface area contributed by atoms with Gasteiger partial charge in [0.1, 0.15) is 6.07 Å². The van der Waals surface area contributed by atoms with Gasteiger partial charge in [-0.05, 0) is 25.3 Å². The Bertz CT molecular complexity index is 454. The van der Waals surface area contributed by atoms with Crippen molar-refractivity contribution in [2.75, 3.05) is 24.4 Å². The maximum atomic E-state index is 11.2. The normalized spacial score (nSPS) is 13.8. The molecule has 0 fully saturated rings. The summed E-state index contributed by atoms with van der Waals surface area (Å²) in [5.74, 6) is 0.